The maximum atomic E-state index is 5.79. The van der Waals surface area contributed by atoms with Crippen LogP contribution < -0.4 is 11.1 Å². The van der Waals surface area contributed by atoms with Gasteiger partial charge in [0, 0.05) is 6.54 Å². The van der Waals surface area contributed by atoms with E-state index in [1.54, 1.807) is 0 Å². The van der Waals surface area contributed by atoms with Crippen LogP contribution in [0.2, 0.25) is 0 Å². The van der Waals surface area contributed by atoms with Crippen LogP contribution in [-0.2, 0) is 6.54 Å². The van der Waals surface area contributed by atoms with E-state index in [4.69, 9.17) is 5.73 Å². The second-order valence-electron chi connectivity index (χ2n) is 2.96. The molecule has 0 aromatic carbocycles. The number of nitrogens with two attached hydrogens (primary N) is 1. The highest BCUT2D eigenvalue weighted by Crippen LogP contribution is 2.15. The lowest BCUT2D eigenvalue weighted by atomic mass is 10.2. The molecule has 66 valence electrons. The Morgan fingerprint density at radius 2 is 2.58 bits per heavy atom. The normalized spacial score (nSPS) is 17.2. The smallest absolute Gasteiger partial charge is 0.221 e. The Morgan fingerprint density at radius 3 is 3.25 bits per heavy atom. The number of hydrogen-bond acceptors (Lipinski definition) is 4. The molecule has 0 radical (unpaired) electrons. The summed E-state index contributed by atoms with van der Waals surface area (Å²) >= 11 is 0. The molecule has 0 saturated heterocycles. The van der Waals surface area contributed by atoms with Crippen LogP contribution >= 0.6 is 0 Å². The summed E-state index contributed by atoms with van der Waals surface area (Å²) in [4.78, 5) is 4.28. The predicted octanol–water partition coefficient (Wildman–Crippen LogP) is 0.113. The first-order chi connectivity index (χ1) is 5.81. The molecule has 1 atom stereocenters. The number of aromatic nitrogens is 3. The lowest BCUT2D eigenvalue weighted by molar-refractivity contribution is 0.612. The monoisotopic (exact) mass is 167 g/mol. The number of hydrogen-bond donors (Lipinski definition) is 2. The molecule has 1 unspecified atom stereocenters. The zero-order valence-corrected chi connectivity index (χ0v) is 7.12. The molecule has 0 saturated carbocycles. The molecule has 1 aromatic rings. The van der Waals surface area contributed by atoms with Gasteiger partial charge in [-0.1, -0.05) is 6.92 Å². The fourth-order valence-corrected chi connectivity index (χ4v) is 1.26. The van der Waals surface area contributed by atoms with Crippen molar-refractivity contribution in [1.82, 2.24) is 14.8 Å². The van der Waals surface area contributed by atoms with Crippen molar-refractivity contribution < 1.29 is 0 Å². The van der Waals surface area contributed by atoms with Gasteiger partial charge in [-0.25, -0.2) is 4.68 Å². The Bertz CT molecular complexity index is 258. The molecule has 2 heterocycles. The van der Waals surface area contributed by atoms with E-state index >= 15 is 0 Å². The fraction of sp³-hybridized carbons (Fsp3) is 0.714. The minimum absolute atomic E-state index is 0.0232. The third kappa shape index (κ3) is 1.06. The zero-order valence-electron chi connectivity index (χ0n) is 7.12. The molecular formula is C7H13N5. The summed E-state index contributed by atoms with van der Waals surface area (Å²) in [6.45, 7) is 3.86. The highest BCUT2D eigenvalue weighted by molar-refractivity contribution is 5.29. The average molecular weight is 167 g/mol. The van der Waals surface area contributed by atoms with Crippen molar-refractivity contribution in [3.8, 4) is 0 Å². The average Bonchev–Trinajstić information content (AvgIpc) is 2.60. The van der Waals surface area contributed by atoms with Gasteiger partial charge in [-0.05, 0) is 6.42 Å². The van der Waals surface area contributed by atoms with Crippen molar-refractivity contribution >= 4 is 5.95 Å². The molecule has 1 aliphatic heterocycles. The summed E-state index contributed by atoms with van der Waals surface area (Å²) in [6, 6.07) is -0.0232. The maximum absolute atomic E-state index is 5.79. The summed E-state index contributed by atoms with van der Waals surface area (Å²) in [7, 11) is 0. The van der Waals surface area contributed by atoms with Gasteiger partial charge in [0.25, 0.3) is 0 Å². The molecule has 3 N–H and O–H groups in total. The summed E-state index contributed by atoms with van der Waals surface area (Å²) in [5, 5.41) is 7.41. The van der Waals surface area contributed by atoms with Gasteiger partial charge in [0.05, 0.1) is 12.6 Å². The van der Waals surface area contributed by atoms with Gasteiger partial charge in [0.15, 0.2) is 5.82 Å². The molecule has 12 heavy (non-hydrogen) atoms. The van der Waals surface area contributed by atoms with Gasteiger partial charge in [-0.15, -0.1) is 0 Å². The third-order valence-corrected chi connectivity index (χ3v) is 2.07. The fourth-order valence-electron chi connectivity index (χ4n) is 1.26. The second kappa shape index (κ2) is 2.75. The largest absolute Gasteiger partial charge is 0.353 e. The van der Waals surface area contributed by atoms with Crippen LogP contribution in [0.15, 0.2) is 0 Å². The minimum atomic E-state index is -0.0232. The lowest BCUT2D eigenvalue weighted by Gasteiger charge is -2.01. The zero-order chi connectivity index (χ0) is 8.55. The van der Waals surface area contributed by atoms with Crippen LogP contribution in [-0.4, -0.2) is 21.3 Å². The molecular weight excluding hydrogens is 154 g/mol. The van der Waals surface area contributed by atoms with Crippen LogP contribution in [0.5, 0.6) is 0 Å². The Morgan fingerprint density at radius 1 is 1.75 bits per heavy atom. The van der Waals surface area contributed by atoms with Crippen LogP contribution in [0.1, 0.15) is 25.2 Å². The Kier molecular flexibility index (Phi) is 1.73. The van der Waals surface area contributed by atoms with Gasteiger partial charge in [0.1, 0.15) is 0 Å². The topological polar surface area (TPSA) is 68.8 Å². The predicted molar refractivity (Wildman–Crippen MR) is 45.7 cm³/mol. The summed E-state index contributed by atoms with van der Waals surface area (Å²) < 4.78 is 1.87. The second-order valence-corrected chi connectivity index (χ2v) is 2.96. The first-order valence-corrected chi connectivity index (χ1v) is 4.25. The van der Waals surface area contributed by atoms with Crippen LogP contribution in [0.3, 0.4) is 0 Å². The molecule has 5 heteroatoms. The van der Waals surface area contributed by atoms with E-state index in [0.717, 1.165) is 31.3 Å². The first kappa shape index (κ1) is 7.54. The first-order valence-electron chi connectivity index (χ1n) is 4.25. The van der Waals surface area contributed by atoms with Gasteiger partial charge in [0.2, 0.25) is 5.95 Å². The molecule has 0 aliphatic carbocycles. The maximum Gasteiger partial charge on any atom is 0.221 e. The number of anilines is 1. The molecule has 0 fully saturated rings. The molecule has 1 aliphatic rings. The Balaban J connectivity index is 2.25. The highest BCUT2D eigenvalue weighted by atomic mass is 15.4. The van der Waals surface area contributed by atoms with Gasteiger partial charge in [-0.3, -0.25) is 0 Å². The van der Waals surface area contributed by atoms with E-state index in [2.05, 4.69) is 15.4 Å². The number of nitrogens with one attached hydrogen (secondary N) is 1. The third-order valence-electron chi connectivity index (χ3n) is 2.07. The molecule has 5 nitrogen and oxygen atoms in total. The molecule has 0 amide bonds. The van der Waals surface area contributed by atoms with E-state index in [9.17, 15) is 0 Å². The Labute approximate surface area is 71.0 Å². The number of fused-ring (bicyclic) bond motifs is 1. The van der Waals surface area contributed by atoms with Crippen molar-refractivity contribution in [2.24, 2.45) is 5.73 Å². The van der Waals surface area contributed by atoms with Crippen molar-refractivity contribution in [2.75, 3.05) is 11.9 Å². The molecule has 1 aromatic heterocycles. The van der Waals surface area contributed by atoms with Crippen molar-refractivity contribution in [1.29, 1.82) is 0 Å². The van der Waals surface area contributed by atoms with Gasteiger partial charge >= 0.3 is 0 Å². The highest BCUT2D eigenvalue weighted by Gasteiger charge is 2.17. The SMILES string of the molecule is CCC(N)c1nc2n(n1)CCN2. The standard InChI is InChI=1S/C7H13N5/c1-2-5(8)6-10-7-9-3-4-12(7)11-6/h5H,2-4,8H2,1H3,(H,9,10,11). The van der Waals surface area contributed by atoms with Crippen molar-refractivity contribution in [3.05, 3.63) is 5.82 Å². The van der Waals surface area contributed by atoms with E-state index in [0.29, 0.717) is 0 Å². The summed E-state index contributed by atoms with van der Waals surface area (Å²) in [6.07, 6.45) is 0.878. The van der Waals surface area contributed by atoms with Crippen molar-refractivity contribution in [2.45, 2.75) is 25.9 Å². The van der Waals surface area contributed by atoms with Crippen LogP contribution in [0, 0.1) is 0 Å². The van der Waals surface area contributed by atoms with Crippen LogP contribution in [0.25, 0.3) is 0 Å². The molecule has 0 bridgehead atoms. The summed E-state index contributed by atoms with van der Waals surface area (Å²) in [5.41, 5.74) is 5.79. The molecule has 0 spiro atoms. The van der Waals surface area contributed by atoms with E-state index in [1.165, 1.54) is 0 Å². The molecule has 2 rings (SSSR count). The van der Waals surface area contributed by atoms with E-state index in [-0.39, 0.29) is 6.04 Å². The van der Waals surface area contributed by atoms with E-state index in [1.807, 2.05) is 11.6 Å². The lowest BCUT2D eigenvalue weighted by Crippen LogP contribution is -2.12. The van der Waals surface area contributed by atoms with Crippen molar-refractivity contribution in [3.63, 3.8) is 0 Å². The summed E-state index contributed by atoms with van der Waals surface area (Å²) in [5.74, 6) is 1.61. The minimum Gasteiger partial charge on any atom is -0.353 e. The Hall–Kier alpha value is -1.10. The number of rotatable bonds is 2. The van der Waals surface area contributed by atoms with Gasteiger partial charge in [-0.2, -0.15) is 10.1 Å². The van der Waals surface area contributed by atoms with Crippen LogP contribution in [0.4, 0.5) is 5.95 Å². The quantitative estimate of drug-likeness (QED) is 0.656. The number of nitrogens with zero attached hydrogens (tertiary/aromatic N) is 3. The van der Waals surface area contributed by atoms with Gasteiger partial charge < -0.3 is 11.1 Å². The van der Waals surface area contributed by atoms with E-state index < -0.39 is 0 Å².